The van der Waals surface area contributed by atoms with Crippen LogP contribution in [0.3, 0.4) is 0 Å². The molecule has 1 aromatic carbocycles. The number of nitrogens with zero attached hydrogens (tertiary/aromatic N) is 3. The molecule has 0 spiro atoms. The summed E-state index contributed by atoms with van der Waals surface area (Å²) in [4.78, 5) is 31.5. The van der Waals surface area contributed by atoms with E-state index in [2.05, 4.69) is 4.98 Å². The van der Waals surface area contributed by atoms with Gasteiger partial charge in [-0.3, -0.25) is 14.6 Å². The standard InChI is InChI=1S/C19H22ClN3O2/c1-15(24)23(18-5-3-17(20)4-6-18)14-10-19(25)22(2)13-9-16-7-11-21-12-8-16/h3-8,11-12H,9-10,13-14H2,1-2H3. The number of aromatic nitrogens is 1. The zero-order valence-corrected chi connectivity index (χ0v) is 15.2. The Morgan fingerprint density at radius 1 is 1.04 bits per heavy atom. The van der Waals surface area contributed by atoms with Crippen molar-refractivity contribution in [2.75, 3.05) is 25.0 Å². The first-order valence-electron chi connectivity index (χ1n) is 8.14. The van der Waals surface area contributed by atoms with Gasteiger partial charge in [-0.2, -0.15) is 0 Å². The van der Waals surface area contributed by atoms with Gasteiger partial charge in [0.2, 0.25) is 11.8 Å². The van der Waals surface area contributed by atoms with Crippen LogP contribution >= 0.6 is 11.6 Å². The number of halogens is 1. The van der Waals surface area contributed by atoms with Gasteiger partial charge in [-0.15, -0.1) is 0 Å². The van der Waals surface area contributed by atoms with Crippen molar-refractivity contribution in [1.82, 2.24) is 9.88 Å². The topological polar surface area (TPSA) is 53.5 Å². The molecule has 0 atom stereocenters. The maximum absolute atomic E-state index is 12.3. The molecule has 5 nitrogen and oxygen atoms in total. The predicted octanol–water partition coefficient (Wildman–Crippen LogP) is 3.18. The third kappa shape index (κ3) is 5.87. The highest BCUT2D eigenvalue weighted by molar-refractivity contribution is 6.30. The Bertz CT molecular complexity index is 704. The van der Waals surface area contributed by atoms with Gasteiger partial charge in [-0.1, -0.05) is 11.6 Å². The predicted molar refractivity (Wildman–Crippen MR) is 99.7 cm³/mol. The number of amides is 2. The van der Waals surface area contributed by atoms with Crippen LogP contribution in [0.2, 0.25) is 5.02 Å². The van der Waals surface area contributed by atoms with Crippen molar-refractivity contribution in [1.29, 1.82) is 0 Å². The van der Waals surface area contributed by atoms with Gasteiger partial charge in [-0.05, 0) is 48.4 Å². The SMILES string of the molecule is CC(=O)N(CCC(=O)N(C)CCc1ccncc1)c1ccc(Cl)cc1. The van der Waals surface area contributed by atoms with Crippen LogP contribution in [0.1, 0.15) is 18.9 Å². The third-order valence-electron chi connectivity index (χ3n) is 3.98. The van der Waals surface area contributed by atoms with E-state index < -0.39 is 0 Å². The average Bonchev–Trinajstić information content (AvgIpc) is 2.61. The smallest absolute Gasteiger partial charge is 0.224 e. The highest BCUT2D eigenvalue weighted by Gasteiger charge is 2.15. The molecule has 2 aromatic rings. The van der Waals surface area contributed by atoms with Crippen molar-refractivity contribution in [2.24, 2.45) is 0 Å². The maximum atomic E-state index is 12.3. The van der Waals surface area contributed by atoms with E-state index in [0.29, 0.717) is 18.1 Å². The summed E-state index contributed by atoms with van der Waals surface area (Å²) < 4.78 is 0. The first-order chi connectivity index (χ1) is 12.0. The van der Waals surface area contributed by atoms with Crippen LogP contribution in [0.25, 0.3) is 0 Å². The van der Waals surface area contributed by atoms with Gasteiger partial charge in [0.15, 0.2) is 0 Å². The van der Waals surface area contributed by atoms with Gasteiger partial charge in [0, 0.05) is 56.6 Å². The molecule has 0 aliphatic heterocycles. The lowest BCUT2D eigenvalue weighted by Gasteiger charge is -2.23. The highest BCUT2D eigenvalue weighted by Crippen LogP contribution is 2.18. The molecule has 0 unspecified atom stereocenters. The lowest BCUT2D eigenvalue weighted by molar-refractivity contribution is -0.129. The van der Waals surface area contributed by atoms with E-state index in [1.54, 1.807) is 53.5 Å². The molecular weight excluding hydrogens is 338 g/mol. The molecule has 0 aliphatic rings. The molecule has 0 aliphatic carbocycles. The molecule has 0 fully saturated rings. The van der Waals surface area contributed by atoms with Gasteiger partial charge in [-0.25, -0.2) is 0 Å². The third-order valence-corrected chi connectivity index (χ3v) is 4.23. The Morgan fingerprint density at radius 3 is 2.28 bits per heavy atom. The summed E-state index contributed by atoms with van der Waals surface area (Å²) in [7, 11) is 1.78. The Morgan fingerprint density at radius 2 is 1.68 bits per heavy atom. The molecule has 0 saturated carbocycles. The highest BCUT2D eigenvalue weighted by atomic mass is 35.5. The molecule has 0 radical (unpaired) electrons. The number of hydrogen-bond acceptors (Lipinski definition) is 3. The number of carbonyl (C=O) groups excluding carboxylic acids is 2. The molecule has 0 saturated heterocycles. The fourth-order valence-electron chi connectivity index (χ4n) is 2.46. The van der Waals surface area contributed by atoms with Crippen LogP contribution in [-0.2, 0) is 16.0 Å². The van der Waals surface area contributed by atoms with Crippen molar-refractivity contribution < 1.29 is 9.59 Å². The second kappa shape index (κ2) is 9.18. The monoisotopic (exact) mass is 359 g/mol. The summed E-state index contributed by atoms with van der Waals surface area (Å²) in [6.07, 6.45) is 4.54. The fraction of sp³-hybridized carbons (Fsp3) is 0.316. The number of likely N-dealkylation sites (N-methyl/N-ethyl adjacent to an activating group) is 1. The Kier molecular flexibility index (Phi) is 6.95. The number of rotatable bonds is 7. The molecule has 0 bridgehead atoms. The van der Waals surface area contributed by atoms with Crippen LogP contribution in [0.5, 0.6) is 0 Å². The average molecular weight is 360 g/mol. The molecular formula is C19H22ClN3O2. The van der Waals surface area contributed by atoms with Crippen LogP contribution in [0, 0.1) is 0 Å². The first kappa shape index (κ1) is 18.9. The van der Waals surface area contributed by atoms with Crippen LogP contribution in [0.4, 0.5) is 5.69 Å². The van der Waals surface area contributed by atoms with E-state index in [9.17, 15) is 9.59 Å². The molecule has 1 heterocycles. The molecule has 2 amide bonds. The first-order valence-corrected chi connectivity index (χ1v) is 8.51. The summed E-state index contributed by atoms with van der Waals surface area (Å²) >= 11 is 5.88. The van der Waals surface area contributed by atoms with Gasteiger partial charge in [0.05, 0.1) is 0 Å². The van der Waals surface area contributed by atoms with E-state index in [1.165, 1.54) is 6.92 Å². The number of pyridine rings is 1. The summed E-state index contributed by atoms with van der Waals surface area (Å²) in [5.41, 5.74) is 1.88. The van der Waals surface area contributed by atoms with Crippen molar-refractivity contribution in [3.05, 3.63) is 59.4 Å². The Hall–Kier alpha value is -2.40. The normalized spacial score (nSPS) is 10.4. The summed E-state index contributed by atoms with van der Waals surface area (Å²) in [5, 5.41) is 0.610. The van der Waals surface area contributed by atoms with Crippen LogP contribution in [0.15, 0.2) is 48.8 Å². The molecule has 132 valence electrons. The van der Waals surface area contributed by atoms with Gasteiger partial charge >= 0.3 is 0 Å². The fourth-order valence-corrected chi connectivity index (χ4v) is 2.58. The van der Waals surface area contributed by atoms with Crippen molar-refractivity contribution >= 4 is 29.1 Å². The summed E-state index contributed by atoms with van der Waals surface area (Å²) in [6.45, 7) is 2.46. The zero-order chi connectivity index (χ0) is 18.2. The Balaban J connectivity index is 1.87. The van der Waals surface area contributed by atoms with Crippen molar-refractivity contribution in [3.63, 3.8) is 0 Å². The van der Waals surface area contributed by atoms with Crippen molar-refractivity contribution in [3.8, 4) is 0 Å². The minimum absolute atomic E-state index is 0.00858. The lowest BCUT2D eigenvalue weighted by Crippen LogP contribution is -2.35. The second-order valence-electron chi connectivity index (χ2n) is 5.82. The number of anilines is 1. The molecule has 2 rings (SSSR count). The maximum Gasteiger partial charge on any atom is 0.224 e. The Labute approximate surface area is 153 Å². The van der Waals surface area contributed by atoms with Crippen LogP contribution in [-0.4, -0.2) is 41.8 Å². The molecule has 25 heavy (non-hydrogen) atoms. The minimum atomic E-state index is -0.102. The van der Waals surface area contributed by atoms with E-state index in [4.69, 9.17) is 11.6 Å². The number of carbonyl (C=O) groups is 2. The second-order valence-corrected chi connectivity index (χ2v) is 6.25. The minimum Gasteiger partial charge on any atom is -0.345 e. The van der Waals surface area contributed by atoms with E-state index in [-0.39, 0.29) is 18.2 Å². The zero-order valence-electron chi connectivity index (χ0n) is 14.5. The number of hydrogen-bond donors (Lipinski definition) is 0. The van der Waals surface area contributed by atoms with Gasteiger partial charge in [0.25, 0.3) is 0 Å². The van der Waals surface area contributed by atoms with Crippen LogP contribution < -0.4 is 4.90 Å². The van der Waals surface area contributed by atoms with E-state index in [1.807, 2.05) is 12.1 Å². The summed E-state index contributed by atoms with van der Waals surface area (Å²) in [6, 6.07) is 10.9. The van der Waals surface area contributed by atoms with Gasteiger partial charge in [0.1, 0.15) is 0 Å². The largest absolute Gasteiger partial charge is 0.345 e. The van der Waals surface area contributed by atoms with E-state index >= 15 is 0 Å². The van der Waals surface area contributed by atoms with E-state index in [0.717, 1.165) is 17.7 Å². The molecule has 6 heteroatoms. The summed E-state index contributed by atoms with van der Waals surface area (Å²) in [5.74, 6) is -0.0937. The quantitative estimate of drug-likeness (QED) is 0.763. The lowest BCUT2D eigenvalue weighted by atomic mass is 10.2. The van der Waals surface area contributed by atoms with Crippen molar-refractivity contribution in [2.45, 2.75) is 19.8 Å². The molecule has 1 aromatic heterocycles. The van der Waals surface area contributed by atoms with Gasteiger partial charge < -0.3 is 9.80 Å². The molecule has 0 N–H and O–H groups in total. The number of benzene rings is 1.